The van der Waals surface area contributed by atoms with Gasteiger partial charge in [0.15, 0.2) is 0 Å². The average molecular weight is 230 g/mol. The molecule has 0 radical (unpaired) electrons. The molecule has 2 heteroatoms. The largest absolute Gasteiger partial charge is 0.361 e. The smallest absolute Gasteiger partial charge is 0.0456 e. The standard InChI is InChI=1S/C15H22N2/c1-11(2)12(3)16-9-8-13-10-17-15-7-5-4-6-14(13)15/h4-7,10-12,16-17H,8-9H2,1-3H3. The summed E-state index contributed by atoms with van der Waals surface area (Å²) in [4.78, 5) is 3.32. The molecule has 0 amide bonds. The van der Waals surface area contributed by atoms with Crippen LogP contribution in [0.3, 0.4) is 0 Å². The van der Waals surface area contributed by atoms with Crippen LogP contribution >= 0.6 is 0 Å². The molecule has 1 unspecified atom stereocenters. The van der Waals surface area contributed by atoms with Gasteiger partial charge in [-0.3, -0.25) is 0 Å². The molecule has 1 aromatic carbocycles. The molecule has 17 heavy (non-hydrogen) atoms. The van der Waals surface area contributed by atoms with Crippen molar-refractivity contribution in [1.29, 1.82) is 0 Å². The molecule has 1 heterocycles. The van der Waals surface area contributed by atoms with Gasteiger partial charge in [-0.25, -0.2) is 0 Å². The zero-order valence-corrected chi connectivity index (χ0v) is 11.0. The van der Waals surface area contributed by atoms with Crippen LogP contribution < -0.4 is 5.32 Å². The highest BCUT2D eigenvalue weighted by atomic mass is 14.9. The van der Waals surface area contributed by atoms with Gasteiger partial charge in [0, 0.05) is 23.1 Å². The summed E-state index contributed by atoms with van der Waals surface area (Å²) >= 11 is 0. The minimum Gasteiger partial charge on any atom is -0.361 e. The first kappa shape index (κ1) is 12.2. The number of aromatic nitrogens is 1. The van der Waals surface area contributed by atoms with E-state index >= 15 is 0 Å². The number of rotatable bonds is 5. The van der Waals surface area contributed by atoms with Crippen molar-refractivity contribution < 1.29 is 0 Å². The minimum absolute atomic E-state index is 0.584. The van der Waals surface area contributed by atoms with E-state index in [1.165, 1.54) is 16.5 Å². The Balaban J connectivity index is 1.95. The predicted octanol–water partition coefficient (Wildman–Crippen LogP) is 3.34. The van der Waals surface area contributed by atoms with Gasteiger partial charge in [-0.1, -0.05) is 32.0 Å². The molecule has 0 aliphatic carbocycles. The van der Waals surface area contributed by atoms with E-state index in [9.17, 15) is 0 Å². The Kier molecular flexibility index (Phi) is 3.85. The molecule has 2 N–H and O–H groups in total. The zero-order valence-electron chi connectivity index (χ0n) is 11.0. The summed E-state index contributed by atoms with van der Waals surface area (Å²) in [5, 5.41) is 4.92. The van der Waals surface area contributed by atoms with E-state index < -0.39 is 0 Å². The molecule has 0 aliphatic heterocycles. The monoisotopic (exact) mass is 230 g/mol. The summed E-state index contributed by atoms with van der Waals surface area (Å²) in [6.07, 6.45) is 3.22. The van der Waals surface area contributed by atoms with Crippen LogP contribution in [0, 0.1) is 5.92 Å². The Morgan fingerprint density at radius 2 is 1.94 bits per heavy atom. The molecule has 2 rings (SSSR count). The second kappa shape index (κ2) is 5.37. The number of H-pyrrole nitrogens is 1. The van der Waals surface area contributed by atoms with Gasteiger partial charge in [-0.05, 0) is 37.4 Å². The maximum Gasteiger partial charge on any atom is 0.0456 e. The molecule has 1 aromatic heterocycles. The van der Waals surface area contributed by atoms with E-state index in [2.05, 4.69) is 61.5 Å². The third-order valence-electron chi connectivity index (χ3n) is 3.54. The molecule has 0 bridgehead atoms. The van der Waals surface area contributed by atoms with Crippen LogP contribution in [-0.2, 0) is 6.42 Å². The van der Waals surface area contributed by atoms with Crippen LogP contribution in [0.5, 0.6) is 0 Å². The van der Waals surface area contributed by atoms with Crippen molar-refractivity contribution in [3.05, 3.63) is 36.0 Å². The maximum atomic E-state index is 3.57. The molecular weight excluding hydrogens is 208 g/mol. The predicted molar refractivity (Wildman–Crippen MR) is 74.3 cm³/mol. The van der Waals surface area contributed by atoms with E-state index in [0.717, 1.165) is 13.0 Å². The lowest BCUT2D eigenvalue weighted by Crippen LogP contribution is -2.32. The first-order chi connectivity index (χ1) is 8.18. The Morgan fingerprint density at radius 1 is 1.18 bits per heavy atom. The lowest BCUT2D eigenvalue weighted by molar-refractivity contribution is 0.430. The Bertz CT molecular complexity index is 470. The molecule has 0 saturated heterocycles. The molecule has 0 saturated carbocycles. The molecule has 2 nitrogen and oxygen atoms in total. The van der Waals surface area contributed by atoms with Crippen molar-refractivity contribution in [3.8, 4) is 0 Å². The van der Waals surface area contributed by atoms with Crippen LogP contribution in [0.25, 0.3) is 10.9 Å². The lowest BCUT2D eigenvalue weighted by Gasteiger charge is -2.17. The zero-order chi connectivity index (χ0) is 12.3. The SMILES string of the molecule is CC(C)C(C)NCCc1c[nH]c2ccccc12. The molecule has 2 aromatic rings. The second-order valence-electron chi connectivity index (χ2n) is 5.10. The van der Waals surface area contributed by atoms with Gasteiger partial charge in [-0.2, -0.15) is 0 Å². The highest BCUT2D eigenvalue weighted by molar-refractivity contribution is 5.83. The molecule has 1 atom stereocenters. The summed E-state index contributed by atoms with van der Waals surface area (Å²) < 4.78 is 0. The van der Waals surface area contributed by atoms with Crippen LogP contribution in [0.1, 0.15) is 26.3 Å². The summed E-state index contributed by atoms with van der Waals surface area (Å²) in [7, 11) is 0. The Morgan fingerprint density at radius 3 is 2.71 bits per heavy atom. The average Bonchev–Trinajstić information content (AvgIpc) is 2.72. The van der Waals surface area contributed by atoms with Gasteiger partial charge < -0.3 is 10.3 Å². The lowest BCUT2D eigenvalue weighted by atomic mass is 10.1. The summed E-state index contributed by atoms with van der Waals surface area (Å²) in [5.41, 5.74) is 2.64. The van der Waals surface area contributed by atoms with Crippen molar-refractivity contribution in [2.24, 2.45) is 5.92 Å². The normalized spacial score (nSPS) is 13.4. The fourth-order valence-corrected chi connectivity index (χ4v) is 2.01. The van der Waals surface area contributed by atoms with Gasteiger partial charge >= 0.3 is 0 Å². The van der Waals surface area contributed by atoms with Crippen molar-refractivity contribution >= 4 is 10.9 Å². The minimum atomic E-state index is 0.584. The Hall–Kier alpha value is -1.28. The van der Waals surface area contributed by atoms with Gasteiger partial charge in [0.2, 0.25) is 0 Å². The highest BCUT2D eigenvalue weighted by Gasteiger charge is 2.06. The number of fused-ring (bicyclic) bond motifs is 1. The third kappa shape index (κ3) is 2.89. The number of hydrogen-bond donors (Lipinski definition) is 2. The molecule has 0 aliphatic rings. The molecule has 0 spiro atoms. The van der Waals surface area contributed by atoms with Gasteiger partial charge in [0.1, 0.15) is 0 Å². The van der Waals surface area contributed by atoms with Gasteiger partial charge in [0.25, 0.3) is 0 Å². The van der Waals surface area contributed by atoms with E-state index in [0.29, 0.717) is 12.0 Å². The topological polar surface area (TPSA) is 27.8 Å². The van der Waals surface area contributed by atoms with Gasteiger partial charge in [0.05, 0.1) is 0 Å². The van der Waals surface area contributed by atoms with Crippen LogP contribution in [0.2, 0.25) is 0 Å². The van der Waals surface area contributed by atoms with Crippen molar-refractivity contribution in [3.63, 3.8) is 0 Å². The van der Waals surface area contributed by atoms with Crippen molar-refractivity contribution in [2.45, 2.75) is 33.2 Å². The Labute approximate surface area is 103 Å². The number of benzene rings is 1. The number of aromatic amines is 1. The van der Waals surface area contributed by atoms with Crippen LogP contribution in [0.15, 0.2) is 30.5 Å². The van der Waals surface area contributed by atoms with Crippen LogP contribution in [0.4, 0.5) is 0 Å². The summed E-state index contributed by atoms with van der Waals surface area (Å²) in [6.45, 7) is 7.80. The van der Waals surface area contributed by atoms with E-state index in [1.54, 1.807) is 0 Å². The number of nitrogens with one attached hydrogen (secondary N) is 2. The fourth-order valence-electron chi connectivity index (χ4n) is 2.01. The first-order valence-corrected chi connectivity index (χ1v) is 6.47. The van der Waals surface area contributed by atoms with E-state index in [1.807, 2.05) is 0 Å². The number of para-hydroxylation sites is 1. The fraction of sp³-hybridized carbons (Fsp3) is 0.467. The summed E-state index contributed by atoms with van der Waals surface area (Å²) in [5.74, 6) is 0.693. The molecule has 0 fully saturated rings. The third-order valence-corrected chi connectivity index (χ3v) is 3.54. The van der Waals surface area contributed by atoms with E-state index in [-0.39, 0.29) is 0 Å². The second-order valence-corrected chi connectivity index (χ2v) is 5.10. The summed E-state index contributed by atoms with van der Waals surface area (Å²) in [6, 6.07) is 9.07. The quantitative estimate of drug-likeness (QED) is 0.810. The van der Waals surface area contributed by atoms with Crippen LogP contribution in [-0.4, -0.2) is 17.6 Å². The van der Waals surface area contributed by atoms with Crippen molar-refractivity contribution in [1.82, 2.24) is 10.3 Å². The maximum absolute atomic E-state index is 3.57. The molecular formula is C15H22N2. The first-order valence-electron chi connectivity index (χ1n) is 6.47. The number of hydrogen-bond acceptors (Lipinski definition) is 1. The van der Waals surface area contributed by atoms with E-state index in [4.69, 9.17) is 0 Å². The van der Waals surface area contributed by atoms with Gasteiger partial charge in [-0.15, -0.1) is 0 Å². The van der Waals surface area contributed by atoms with Crippen molar-refractivity contribution in [2.75, 3.05) is 6.54 Å². The highest BCUT2D eigenvalue weighted by Crippen LogP contribution is 2.17. The molecule has 92 valence electrons.